The third kappa shape index (κ3) is 1.57. The summed E-state index contributed by atoms with van der Waals surface area (Å²) >= 11 is 0. The van der Waals surface area contributed by atoms with Crippen LogP contribution in [0.4, 0.5) is 0 Å². The highest BCUT2D eigenvalue weighted by molar-refractivity contribution is 6.48. The normalized spacial score (nSPS) is 14.0. The molecule has 0 aromatic heterocycles. The predicted octanol–water partition coefficient (Wildman–Crippen LogP) is 1.50. The Balaban J connectivity index is 2.17. The van der Waals surface area contributed by atoms with Gasteiger partial charge in [0.15, 0.2) is 0 Å². The van der Waals surface area contributed by atoms with Crippen LogP contribution in [0.5, 0.6) is 0 Å². The van der Waals surface area contributed by atoms with Crippen LogP contribution >= 0.6 is 0 Å². The highest BCUT2D eigenvalue weighted by atomic mass is 16.2. The van der Waals surface area contributed by atoms with Gasteiger partial charge in [-0.1, -0.05) is 24.3 Å². The van der Waals surface area contributed by atoms with Crippen LogP contribution in [0.3, 0.4) is 0 Å². The van der Waals surface area contributed by atoms with Crippen LogP contribution in [0.15, 0.2) is 53.5 Å². The molecular formula is C17H9NO2. The molecule has 3 heteroatoms. The van der Waals surface area contributed by atoms with Crippen LogP contribution in [0.25, 0.3) is 27.6 Å². The second kappa shape index (κ2) is 3.84. The van der Waals surface area contributed by atoms with Crippen molar-refractivity contribution in [1.82, 2.24) is 0 Å². The van der Waals surface area contributed by atoms with Crippen molar-refractivity contribution < 1.29 is 9.59 Å². The molecule has 0 saturated carbocycles. The smallest absolute Gasteiger partial charge is 0.284 e. The fourth-order valence-corrected chi connectivity index (χ4v) is 2.58. The molecule has 1 amide bonds. The molecule has 0 fully saturated rings. The molecule has 1 aliphatic rings. The molecule has 0 unspecified atom stereocenters. The van der Waals surface area contributed by atoms with E-state index in [1.807, 2.05) is 30.3 Å². The summed E-state index contributed by atoms with van der Waals surface area (Å²) in [7, 11) is 0. The zero-order chi connectivity index (χ0) is 13.7. The zero-order valence-corrected chi connectivity index (χ0v) is 10.5. The molecule has 0 aliphatic carbocycles. The van der Waals surface area contributed by atoms with Gasteiger partial charge in [0.1, 0.15) is 0 Å². The van der Waals surface area contributed by atoms with Crippen LogP contribution in [-0.2, 0) is 9.59 Å². The molecule has 1 aliphatic heterocycles. The summed E-state index contributed by atoms with van der Waals surface area (Å²) in [5.41, 5.74) is 0. The number of carbonyl (C=O) groups excluding carboxylic acids is 2. The molecule has 20 heavy (non-hydrogen) atoms. The van der Waals surface area contributed by atoms with Gasteiger partial charge in [0.25, 0.3) is 0 Å². The van der Waals surface area contributed by atoms with Gasteiger partial charge in [-0.2, -0.15) is 0 Å². The summed E-state index contributed by atoms with van der Waals surface area (Å²) in [5.74, 6) is -1.25. The van der Waals surface area contributed by atoms with E-state index in [1.54, 1.807) is 0 Å². The topological polar surface area (TPSA) is 46.5 Å². The fraction of sp³-hybridized carbons (Fsp3) is 0. The third-order valence-corrected chi connectivity index (χ3v) is 3.57. The van der Waals surface area contributed by atoms with E-state index >= 15 is 0 Å². The molecule has 0 spiro atoms. The lowest BCUT2D eigenvalue weighted by molar-refractivity contribution is -0.132. The summed E-state index contributed by atoms with van der Waals surface area (Å²) in [5, 5.41) is 5.62. The van der Waals surface area contributed by atoms with E-state index < -0.39 is 11.7 Å². The average molecular weight is 259 g/mol. The lowest BCUT2D eigenvalue weighted by atomic mass is 10.0. The number of rotatable bonds is 0. The molecule has 1 heterocycles. The number of amides is 1. The van der Waals surface area contributed by atoms with E-state index in [1.165, 1.54) is 6.08 Å². The second-order valence-electron chi connectivity index (χ2n) is 4.88. The van der Waals surface area contributed by atoms with E-state index in [4.69, 9.17) is 0 Å². The molecule has 4 rings (SSSR count). The van der Waals surface area contributed by atoms with Crippen molar-refractivity contribution in [2.45, 2.75) is 0 Å². The maximum absolute atomic E-state index is 11.4. The van der Waals surface area contributed by atoms with Gasteiger partial charge < -0.3 is 0 Å². The van der Waals surface area contributed by atoms with E-state index in [0.717, 1.165) is 21.5 Å². The first-order chi connectivity index (χ1) is 9.70. The lowest BCUT2D eigenvalue weighted by Gasteiger charge is -2.04. The van der Waals surface area contributed by atoms with Gasteiger partial charge in [0.2, 0.25) is 5.78 Å². The fourth-order valence-electron chi connectivity index (χ4n) is 2.58. The Kier molecular flexibility index (Phi) is 2.12. The van der Waals surface area contributed by atoms with Crippen molar-refractivity contribution in [2.24, 2.45) is 4.99 Å². The standard InChI is InChI=1S/C17H9NO2/c19-16-9-14-7-12-5-10-3-1-2-4-11(10)6-13(12)8-15(14)18-17(16)20/h1-9H. The van der Waals surface area contributed by atoms with Gasteiger partial charge in [-0.15, -0.1) is 0 Å². The highest BCUT2D eigenvalue weighted by Crippen LogP contribution is 2.20. The Morgan fingerprint density at radius 3 is 2.10 bits per heavy atom. The lowest BCUT2D eigenvalue weighted by Crippen LogP contribution is -2.33. The Morgan fingerprint density at radius 1 is 0.750 bits per heavy atom. The van der Waals surface area contributed by atoms with Crippen molar-refractivity contribution in [3.05, 3.63) is 59.1 Å². The number of hydrogen-bond acceptors (Lipinski definition) is 2. The van der Waals surface area contributed by atoms with Crippen LogP contribution < -0.4 is 10.6 Å². The Bertz CT molecular complexity index is 948. The molecule has 0 radical (unpaired) electrons. The molecule has 0 N–H and O–H groups in total. The highest BCUT2D eigenvalue weighted by Gasteiger charge is 2.13. The van der Waals surface area contributed by atoms with Crippen LogP contribution in [0.2, 0.25) is 0 Å². The quantitative estimate of drug-likeness (QED) is 0.454. The van der Waals surface area contributed by atoms with Crippen LogP contribution in [-0.4, -0.2) is 11.7 Å². The van der Waals surface area contributed by atoms with Gasteiger partial charge in [-0.3, -0.25) is 9.59 Å². The Hall–Kier alpha value is -2.81. The van der Waals surface area contributed by atoms with Gasteiger partial charge in [-0.25, -0.2) is 4.99 Å². The molecular weight excluding hydrogens is 250 g/mol. The Morgan fingerprint density at radius 2 is 1.40 bits per heavy atom. The molecule has 3 aromatic rings. The summed E-state index contributed by atoms with van der Waals surface area (Å²) in [6.45, 7) is 0. The largest absolute Gasteiger partial charge is 0.317 e. The second-order valence-corrected chi connectivity index (χ2v) is 4.88. The minimum absolute atomic E-state index is 0.558. The van der Waals surface area contributed by atoms with E-state index in [2.05, 4.69) is 23.2 Å². The molecule has 0 saturated heterocycles. The minimum Gasteiger partial charge on any atom is -0.284 e. The molecule has 3 nitrogen and oxygen atoms in total. The maximum atomic E-state index is 11.4. The first kappa shape index (κ1) is 11.1. The number of nitrogens with zero attached hydrogens (tertiary/aromatic N) is 1. The zero-order valence-electron chi connectivity index (χ0n) is 10.5. The molecule has 94 valence electrons. The first-order valence-electron chi connectivity index (χ1n) is 6.32. The third-order valence-electron chi connectivity index (χ3n) is 3.57. The van der Waals surface area contributed by atoms with Crippen molar-refractivity contribution in [3.63, 3.8) is 0 Å². The molecule has 3 aromatic carbocycles. The van der Waals surface area contributed by atoms with Crippen molar-refractivity contribution >= 4 is 39.3 Å². The van der Waals surface area contributed by atoms with Crippen LogP contribution in [0, 0.1) is 0 Å². The summed E-state index contributed by atoms with van der Waals surface area (Å²) in [6.07, 6.45) is 1.36. The summed E-state index contributed by atoms with van der Waals surface area (Å²) in [6, 6.07) is 16.0. The van der Waals surface area contributed by atoms with Crippen molar-refractivity contribution in [2.75, 3.05) is 0 Å². The molecule has 0 bridgehead atoms. The van der Waals surface area contributed by atoms with Crippen LogP contribution in [0.1, 0.15) is 0 Å². The van der Waals surface area contributed by atoms with Gasteiger partial charge >= 0.3 is 5.91 Å². The van der Waals surface area contributed by atoms with Gasteiger partial charge in [-0.05, 0) is 45.8 Å². The number of carbonyl (C=O) groups is 2. The van der Waals surface area contributed by atoms with E-state index in [9.17, 15) is 9.59 Å². The maximum Gasteiger partial charge on any atom is 0.317 e. The predicted molar refractivity (Wildman–Crippen MR) is 76.7 cm³/mol. The molecule has 0 atom stereocenters. The van der Waals surface area contributed by atoms with Gasteiger partial charge in [0, 0.05) is 11.3 Å². The van der Waals surface area contributed by atoms with E-state index in [-0.39, 0.29) is 0 Å². The number of Topliss-reactive ketones (excluding diaryl/α,β-unsaturated/α-hetero) is 1. The SMILES string of the molecule is O=C1C=c2cc3cc4ccccc4cc3cc2=NC1=O. The van der Waals surface area contributed by atoms with Crippen molar-refractivity contribution in [1.29, 1.82) is 0 Å². The summed E-state index contributed by atoms with van der Waals surface area (Å²) in [4.78, 5) is 26.6. The summed E-state index contributed by atoms with van der Waals surface area (Å²) < 4.78 is 0. The monoisotopic (exact) mass is 259 g/mol. The van der Waals surface area contributed by atoms with E-state index in [0.29, 0.717) is 10.6 Å². The number of ketones is 1. The first-order valence-corrected chi connectivity index (χ1v) is 6.32. The number of benzene rings is 3. The van der Waals surface area contributed by atoms with Crippen molar-refractivity contribution in [3.8, 4) is 0 Å². The number of fused-ring (bicyclic) bond motifs is 3. The average Bonchev–Trinajstić information content (AvgIpc) is 2.44. The van der Waals surface area contributed by atoms with Gasteiger partial charge in [0.05, 0.1) is 5.36 Å². The minimum atomic E-state index is -0.697. The number of hydrogen-bond donors (Lipinski definition) is 0. The Labute approximate surface area is 113 Å².